The number of aliphatic hydroxyl groups is 3. The van der Waals surface area contributed by atoms with Crippen LogP contribution in [-0.2, 0) is 16.1 Å². The second-order valence-electron chi connectivity index (χ2n) is 14.3. The van der Waals surface area contributed by atoms with Crippen LogP contribution in [0.1, 0.15) is 41.6 Å². The smallest absolute Gasteiger partial charge is 0.490 e. The molecule has 1 saturated heterocycles. The Morgan fingerprint density at radius 1 is 0.885 bits per heavy atom. The number of carboxylic acids is 1. The van der Waals surface area contributed by atoms with Crippen molar-refractivity contribution in [2.24, 2.45) is 0 Å². The molecule has 0 spiro atoms. The Balaban J connectivity index is 0.000000819. The number of amides is 3. The number of rotatable bonds is 12. The third-order valence-corrected chi connectivity index (χ3v) is 10.2. The van der Waals surface area contributed by atoms with Gasteiger partial charge in [0.25, 0.3) is 0 Å². The van der Waals surface area contributed by atoms with E-state index >= 15 is 0 Å². The van der Waals surface area contributed by atoms with Crippen LogP contribution in [0.15, 0.2) is 79.3 Å². The summed E-state index contributed by atoms with van der Waals surface area (Å²) < 4.78 is 33.4. The molecule has 61 heavy (non-hydrogen) atoms. The van der Waals surface area contributed by atoms with Crippen LogP contribution in [0.3, 0.4) is 0 Å². The summed E-state index contributed by atoms with van der Waals surface area (Å²) >= 11 is 0. The predicted octanol–water partition coefficient (Wildman–Crippen LogP) is 1.73. The van der Waals surface area contributed by atoms with Gasteiger partial charge >= 0.3 is 18.2 Å². The lowest BCUT2D eigenvalue weighted by Gasteiger charge is -2.22. The number of alkyl halides is 3. The molecule has 2 aliphatic rings. The maximum absolute atomic E-state index is 12.8. The molecule has 4 heterocycles. The molecule has 2 aromatic carbocycles. The zero-order valence-electron chi connectivity index (χ0n) is 32.1. The summed E-state index contributed by atoms with van der Waals surface area (Å²) in [6.45, 7) is 0.808. The Labute approximate surface area is 344 Å². The number of fused-ring (bicyclic) bond motifs is 1. The molecular formula is C39H43F3N10O9. The van der Waals surface area contributed by atoms with Crippen LogP contribution in [0.4, 0.5) is 29.7 Å². The number of phenols is 2. The number of aliphatic hydroxyl groups excluding tert-OH is 3. The number of nitrogens with one attached hydrogen (secondary N) is 4. The lowest BCUT2D eigenvalue weighted by Crippen LogP contribution is -2.44. The molecular weight excluding hydrogens is 809 g/mol. The van der Waals surface area contributed by atoms with Crippen LogP contribution in [-0.4, -0.2) is 130 Å². The van der Waals surface area contributed by atoms with E-state index in [2.05, 4.69) is 31.2 Å². The van der Waals surface area contributed by atoms with E-state index in [4.69, 9.17) is 19.9 Å². The maximum atomic E-state index is 12.8. The lowest BCUT2D eigenvalue weighted by atomic mass is 9.91. The normalized spacial score (nSPS) is 19.9. The van der Waals surface area contributed by atoms with E-state index in [0.29, 0.717) is 49.0 Å². The first-order valence-electron chi connectivity index (χ1n) is 18.9. The molecule has 0 radical (unpaired) electrons. The Bertz CT molecular complexity index is 2240. The maximum Gasteiger partial charge on any atom is 0.490 e. The van der Waals surface area contributed by atoms with E-state index in [1.807, 2.05) is 47.4 Å². The quantitative estimate of drug-likeness (QED) is 0.0856. The minimum absolute atomic E-state index is 0.130. The van der Waals surface area contributed by atoms with E-state index in [1.165, 1.54) is 6.33 Å². The average Bonchev–Trinajstić information content (AvgIpc) is 3.96. The van der Waals surface area contributed by atoms with E-state index in [9.17, 15) is 48.3 Å². The first-order chi connectivity index (χ1) is 29.1. The highest BCUT2D eigenvalue weighted by Gasteiger charge is 2.44. The van der Waals surface area contributed by atoms with Crippen molar-refractivity contribution in [3.8, 4) is 11.5 Å². The Morgan fingerprint density at radius 2 is 1.54 bits per heavy atom. The largest absolute Gasteiger partial charge is 0.508 e. The van der Waals surface area contributed by atoms with Crippen LogP contribution in [0, 0.1) is 0 Å². The van der Waals surface area contributed by atoms with Gasteiger partial charge in [-0.05, 0) is 60.4 Å². The number of imidazole rings is 1. The zero-order chi connectivity index (χ0) is 43.8. The Morgan fingerprint density at radius 3 is 2.13 bits per heavy atom. The summed E-state index contributed by atoms with van der Waals surface area (Å²) in [5.74, 6) is -2.65. The number of carbonyl (C=O) groups is 3. The van der Waals surface area contributed by atoms with Crippen molar-refractivity contribution in [1.29, 1.82) is 0 Å². The first-order valence-corrected chi connectivity index (χ1v) is 18.9. The van der Waals surface area contributed by atoms with Crippen LogP contribution >= 0.6 is 0 Å². The van der Waals surface area contributed by atoms with Crippen molar-refractivity contribution in [3.05, 3.63) is 96.1 Å². The fourth-order valence-corrected chi connectivity index (χ4v) is 7.10. The molecule has 3 amide bonds. The summed E-state index contributed by atoms with van der Waals surface area (Å²) in [5.41, 5.74) is 3.32. The number of hydrogen-bond acceptors (Lipinski definition) is 14. The number of carbonyl (C=O) groups excluding carboxylic acids is 2. The van der Waals surface area contributed by atoms with Gasteiger partial charge < -0.3 is 61.4 Å². The Kier molecular flexibility index (Phi) is 13.7. The fourth-order valence-electron chi connectivity index (χ4n) is 7.10. The number of benzene rings is 2. The highest BCUT2D eigenvalue weighted by atomic mass is 19.4. The highest BCUT2D eigenvalue weighted by Crippen LogP contribution is 2.36. The first kappa shape index (κ1) is 43.8. The summed E-state index contributed by atoms with van der Waals surface area (Å²) in [5, 5.41) is 70.1. The van der Waals surface area contributed by atoms with Gasteiger partial charge in [0.1, 0.15) is 30.3 Å². The number of aromatic nitrogens is 5. The summed E-state index contributed by atoms with van der Waals surface area (Å²) in [7, 11) is 0. The molecule has 10 N–H and O–H groups in total. The molecule has 3 aromatic heterocycles. The molecule has 19 nitrogen and oxygen atoms in total. The molecule has 5 aromatic rings. The minimum Gasteiger partial charge on any atom is -0.508 e. The van der Waals surface area contributed by atoms with Crippen molar-refractivity contribution in [2.75, 3.05) is 36.5 Å². The van der Waals surface area contributed by atoms with Gasteiger partial charge in [-0.15, -0.1) is 0 Å². The molecule has 0 bridgehead atoms. The number of aliphatic carboxylic acids is 1. The molecule has 7 rings (SSSR count). The van der Waals surface area contributed by atoms with Crippen molar-refractivity contribution < 1.29 is 58.2 Å². The van der Waals surface area contributed by atoms with Gasteiger partial charge in [-0.1, -0.05) is 30.3 Å². The van der Waals surface area contributed by atoms with Gasteiger partial charge in [-0.3, -0.25) is 9.78 Å². The van der Waals surface area contributed by atoms with Gasteiger partial charge in [0.2, 0.25) is 11.9 Å². The van der Waals surface area contributed by atoms with Crippen LogP contribution in [0.5, 0.6) is 11.5 Å². The van der Waals surface area contributed by atoms with Crippen molar-refractivity contribution in [1.82, 2.24) is 40.5 Å². The number of urea groups is 1. The van der Waals surface area contributed by atoms with Gasteiger partial charge in [0, 0.05) is 37.8 Å². The number of pyridine rings is 1. The number of nitrogens with zero attached hydrogens (tertiary/aromatic N) is 6. The van der Waals surface area contributed by atoms with Crippen molar-refractivity contribution in [3.63, 3.8) is 0 Å². The minimum atomic E-state index is -5.08. The molecule has 1 aliphatic carbocycles. The number of aromatic hydroxyl groups is 2. The monoisotopic (exact) mass is 852 g/mol. The topological polar surface area (TPSA) is 280 Å². The van der Waals surface area contributed by atoms with Crippen molar-refractivity contribution in [2.45, 2.75) is 61.8 Å². The SMILES string of the molecule is O=C(CO)N[C@H]1C[C@@H](n2cnc3c(NCC(c4ccc(O)cc4)c4ccc(O)cc4)nc(N4CC[C@@H](NC(=O)NCc5ccccn5)C4)nc32)[C@H](O)[C@@H]1O.O=C(O)C(F)(F)F. The fraction of sp³-hybridized carbons (Fsp3) is 0.359. The number of phenolic OH excluding ortho intramolecular Hbond substituents is 2. The summed E-state index contributed by atoms with van der Waals surface area (Å²) in [4.78, 5) is 54.3. The number of halogens is 3. The highest BCUT2D eigenvalue weighted by molar-refractivity contribution is 5.85. The summed E-state index contributed by atoms with van der Waals surface area (Å²) in [6.07, 6.45) is -3.70. The number of carboxylic acid groups (broad SMARTS) is 1. The van der Waals surface area contributed by atoms with E-state index < -0.39 is 49.0 Å². The van der Waals surface area contributed by atoms with Crippen LogP contribution in [0.25, 0.3) is 11.2 Å². The van der Waals surface area contributed by atoms with E-state index in [-0.39, 0.29) is 42.5 Å². The van der Waals surface area contributed by atoms with Gasteiger partial charge in [0.15, 0.2) is 17.0 Å². The molecule has 5 atom stereocenters. The molecule has 22 heteroatoms. The van der Waals surface area contributed by atoms with Crippen LogP contribution < -0.4 is 26.2 Å². The third-order valence-electron chi connectivity index (χ3n) is 10.2. The molecule has 1 saturated carbocycles. The molecule has 1 aliphatic heterocycles. The molecule has 2 fully saturated rings. The lowest BCUT2D eigenvalue weighted by molar-refractivity contribution is -0.192. The summed E-state index contributed by atoms with van der Waals surface area (Å²) in [6, 6.07) is 17.2. The molecule has 0 unspecified atom stereocenters. The number of anilines is 2. The van der Waals surface area contributed by atoms with Crippen LogP contribution in [0.2, 0.25) is 0 Å². The van der Waals surface area contributed by atoms with Crippen molar-refractivity contribution >= 4 is 40.8 Å². The number of hydrogen-bond donors (Lipinski definition) is 10. The van der Waals surface area contributed by atoms with E-state index in [0.717, 1.165) is 16.8 Å². The molecule has 324 valence electrons. The standard InChI is InChI=1S/C37H42N10O7.C2HF3O2/c48-19-30(51)43-28-15-29(33(53)32(28)52)47-20-41-31-34(39-17-27(21-4-8-25(49)9-5-21)22-6-10-26(50)11-7-22)44-36(45-35(31)47)46-14-12-24(18-46)42-37(54)40-16-23-3-1-2-13-38-23;3-2(4,5)1(6)7/h1-11,13,20,24,27-29,32-33,48-50,52-53H,12,14-19H2,(H,43,51)(H,39,44,45)(H2,40,42,54);(H,6,7)/t24-,28+,29-,32-,33+;/m1./s1. The Hall–Kier alpha value is -6.78. The average molecular weight is 853 g/mol. The third kappa shape index (κ3) is 10.9. The van der Waals surface area contributed by atoms with Gasteiger partial charge in [0.05, 0.1) is 30.6 Å². The van der Waals surface area contributed by atoms with E-state index in [1.54, 1.807) is 35.0 Å². The second kappa shape index (κ2) is 19.1. The zero-order valence-corrected chi connectivity index (χ0v) is 32.1. The predicted molar refractivity (Wildman–Crippen MR) is 210 cm³/mol. The van der Waals surface area contributed by atoms with Gasteiger partial charge in [-0.2, -0.15) is 23.1 Å². The second-order valence-corrected chi connectivity index (χ2v) is 14.3. The van der Waals surface area contributed by atoms with Gasteiger partial charge in [-0.25, -0.2) is 14.6 Å².